The van der Waals surface area contributed by atoms with E-state index in [1.165, 1.54) is 12.2 Å². The fraction of sp³-hybridized carbons (Fsp3) is 0.300. The highest BCUT2D eigenvalue weighted by atomic mass is 19.2. The van der Waals surface area contributed by atoms with Gasteiger partial charge in [0.1, 0.15) is 0 Å². The summed E-state index contributed by atoms with van der Waals surface area (Å²) in [7, 11) is 0. The van der Waals surface area contributed by atoms with Gasteiger partial charge in [0.15, 0.2) is 12.2 Å². The van der Waals surface area contributed by atoms with Crippen LogP contribution in [0.5, 0.6) is 0 Å². The molecule has 0 bridgehead atoms. The Hall–Kier alpha value is -2.60. The summed E-state index contributed by atoms with van der Waals surface area (Å²) in [5.41, 5.74) is 7.94. The molecule has 1 fully saturated rings. The lowest BCUT2D eigenvalue weighted by atomic mass is 9.99. The van der Waals surface area contributed by atoms with Crippen LogP contribution in [-0.2, 0) is 0 Å². The summed E-state index contributed by atoms with van der Waals surface area (Å²) in [5.74, 6) is -0.688. The molecular weight excluding hydrogens is 334 g/mol. The van der Waals surface area contributed by atoms with Gasteiger partial charge in [-0.15, -0.1) is 0 Å². The highest BCUT2D eigenvalue weighted by Crippen LogP contribution is 2.23. The molecule has 1 aromatic rings. The second kappa shape index (κ2) is 8.19. The number of rotatable bonds is 4. The first-order valence-corrected chi connectivity index (χ1v) is 8.76. The van der Waals surface area contributed by atoms with E-state index in [0.29, 0.717) is 11.6 Å². The number of hydrogen-bond acceptors (Lipinski definition) is 4. The molecule has 2 aliphatic rings. The third kappa shape index (κ3) is 4.14. The first-order chi connectivity index (χ1) is 12.6. The predicted octanol–water partition coefficient (Wildman–Crippen LogP) is 1.61. The van der Waals surface area contributed by atoms with Crippen LogP contribution in [-0.4, -0.2) is 25.4 Å². The van der Waals surface area contributed by atoms with Crippen LogP contribution in [0.1, 0.15) is 18.4 Å². The zero-order valence-corrected chi connectivity index (χ0v) is 14.6. The Bertz CT molecular complexity index is 851. The normalized spacial score (nSPS) is 22.5. The summed E-state index contributed by atoms with van der Waals surface area (Å²) in [5, 5.41) is 10.7. The number of nitrogens with two attached hydrogens (primary N) is 1. The van der Waals surface area contributed by atoms with Crippen molar-refractivity contribution in [1.29, 1.82) is 0 Å². The Morgan fingerprint density at radius 2 is 2.04 bits per heavy atom. The Morgan fingerprint density at radius 1 is 1.27 bits per heavy atom. The van der Waals surface area contributed by atoms with Gasteiger partial charge in [0.05, 0.1) is 0 Å². The van der Waals surface area contributed by atoms with Gasteiger partial charge >= 0.3 is 0 Å². The van der Waals surface area contributed by atoms with Gasteiger partial charge in [-0.3, -0.25) is 0 Å². The maximum atomic E-state index is 13.7. The molecule has 138 valence electrons. The van der Waals surface area contributed by atoms with Gasteiger partial charge in [0, 0.05) is 23.1 Å². The summed E-state index contributed by atoms with van der Waals surface area (Å²) in [4.78, 5) is 0. The van der Waals surface area contributed by atoms with E-state index in [2.05, 4.69) is 22.5 Å². The highest BCUT2D eigenvalue weighted by Gasteiger charge is 2.17. The van der Waals surface area contributed by atoms with Crippen molar-refractivity contribution in [3.63, 3.8) is 0 Å². The van der Waals surface area contributed by atoms with Gasteiger partial charge in [-0.25, -0.2) is 4.39 Å². The minimum Gasteiger partial charge on any atom is -0.404 e. The zero-order valence-electron chi connectivity index (χ0n) is 14.6. The number of anilines is 1. The van der Waals surface area contributed by atoms with Crippen molar-refractivity contribution in [2.75, 3.05) is 18.4 Å². The van der Waals surface area contributed by atoms with E-state index in [1.54, 1.807) is 12.3 Å². The quantitative estimate of drug-likeness (QED) is 0.618. The standard InChI is InChI=1S/C20H24F2N4/c1-2-3-13-8-14(15-10-19(21)26-20(22)11-15)9-18(17(13)12-23)25-16-4-6-24-7-5-16/h2-3,8-12,16,19,24-26H,1,4-7,23H2/b13-3-,17-12+. The summed E-state index contributed by atoms with van der Waals surface area (Å²) in [6, 6.07) is 4.08. The van der Waals surface area contributed by atoms with Crippen molar-refractivity contribution in [1.82, 2.24) is 10.6 Å². The molecule has 3 rings (SSSR count). The average Bonchev–Trinajstić information content (AvgIpc) is 2.62. The molecule has 5 N–H and O–H groups in total. The van der Waals surface area contributed by atoms with E-state index >= 15 is 0 Å². The summed E-state index contributed by atoms with van der Waals surface area (Å²) in [6.45, 7) is 5.66. The molecule has 0 amide bonds. The van der Waals surface area contributed by atoms with E-state index < -0.39 is 12.2 Å². The lowest BCUT2D eigenvalue weighted by molar-refractivity contribution is 0.326. The first-order valence-electron chi connectivity index (χ1n) is 8.76. The van der Waals surface area contributed by atoms with Crippen LogP contribution in [0, 0.1) is 0 Å². The second-order valence-corrected chi connectivity index (χ2v) is 6.42. The lowest BCUT2D eigenvalue weighted by Crippen LogP contribution is -2.38. The van der Waals surface area contributed by atoms with Crippen molar-refractivity contribution in [3.8, 4) is 0 Å². The van der Waals surface area contributed by atoms with E-state index in [9.17, 15) is 8.78 Å². The monoisotopic (exact) mass is 358 g/mol. The van der Waals surface area contributed by atoms with Crippen molar-refractivity contribution < 1.29 is 8.78 Å². The van der Waals surface area contributed by atoms with E-state index in [4.69, 9.17) is 5.73 Å². The minimum absolute atomic E-state index is 0.324. The third-order valence-electron chi connectivity index (χ3n) is 4.59. The lowest BCUT2D eigenvalue weighted by Gasteiger charge is -2.25. The number of benzene rings is 1. The van der Waals surface area contributed by atoms with E-state index in [0.717, 1.165) is 47.6 Å². The Kier molecular flexibility index (Phi) is 5.73. The maximum Gasteiger partial charge on any atom is 0.191 e. The summed E-state index contributed by atoms with van der Waals surface area (Å²) < 4.78 is 27.3. The number of halogens is 2. The largest absolute Gasteiger partial charge is 0.404 e. The number of allylic oxidation sites excluding steroid dienone is 3. The number of dihydropyridines is 1. The molecule has 1 unspecified atom stereocenters. The van der Waals surface area contributed by atoms with Crippen molar-refractivity contribution in [2.24, 2.45) is 5.73 Å². The van der Waals surface area contributed by atoms with Crippen LogP contribution >= 0.6 is 0 Å². The fourth-order valence-corrected chi connectivity index (χ4v) is 3.34. The molecule has 0 spiro atoms. The van der Waals surface area contributed by atoms with Crippen LogP contribution in [0.4, 0.5) is 14.5 Å². The average molecular weight is 358 g/mol. The molecule has 1 atom stereocenters. The Balaban J connectivity index is 2.09. The number of alkyl halides is 1. The van der Waals surface area contributed by atoms with Gasteiger partial charge in [0.25, 0.3) is 0 Å². The molecule has 26 heavy (non-hydrogen) atoms. The van der Waals surface area contributed by atoms with Gasteiger partial charge in [-0.05, 0) is 66.6 Å². The third-order valence-corrected chi connectivity index (χ3v) is 4.59. The topological polar surface area (TPSA) is 62.1 Å². The van der Waals surface area contributed by atoms with Crippen LogP contribution in [0.15, 0.2) is 42.9 Å². The van der Waals surface area contributed by atoms with Crippen LogP contribution in [0.3, 0.4) is 0 Å². The molecule has 4 nitrogen and oxygen atoms in total. The number of hydrogen-bond donors (Lipinski definition) is 4. The van der Waals surface area contributed by atoms with Gasteiger partial charge in [-0.2, -0.15) is 4.39 Å². The fourth-order valence-electron chi connectivity index (χ4n) is 3.34. The van der Waals surface area contributed by atoms with Crippen molar-refractivity contribution >= 4 is 23.5 Å². The molecule has 2 aliphatic heterocycles. The molecule has 2 heterocycles. The molecular formula is C20H24F2N4. The SMILES string of the molecule is C=C/C=c1/cc(C2=CC(F)NC(F)=C2)cc(NC2CCNCC2)/c1=C/N. The van der Waals surface area contributed by atoms with E-state index in [-0.39, 0.29) is 0 Å². The molecule has 6 heteroatoms. The highest BCUT2D eigenvalue weighted by molar-refractivity contribution is 5.78. The molecule has 0 saturated carbocycles. The van der Waals surface area contributed by atoms with Crippen LogP contribution in [0.25, 0.3) is 17.8 Å². The predicted molar refractivity (Wildman–Crippen MR) is 104 cm³/mol. The van der Waals surface area contributed by atoms with E-state index in [1.807, 2.05) is 18.2 Å². The Morgan fingerprint density at radius 3 is 2.69 bits per heavy atom. The van der Waals surface area contributed by atoms with Crippen molar-refractivity contribution in [2.45, 2.75) is 25.2 Å². The molecule has 0 aromatic heterocycles. The molecule has 0 radical (unpaired) electrons. The second-order valence-electron chi connectivity index (χ2n) is 6.42. The van der Waals surface area contributed by atoms with Crippen molar-refractivity contribution in [3.05, 3.63) is 58.9 Å². The first kappa shape index (κ1) is 18.2. The van der Waals surface area contributed by atoms with Gasteiger partial charge in [-0.1, -0.05) is 18.7 Å². The molecule has 0 aliphatic carbocycles. The summed E-state index contributed by atoms with van der Waals surface area (Å²) in [6.07, 6.45) is 8.16. The smallest absolute Gasteiger partial charge is 0.191 e. The number of piperidine rings is 1. The zero-order chi connectivity index (χ0) is 18.5. The van der Waals surface area contributed by atoms with Gasteiger partial charge < -0.3 is 21.7 Å². The number of nitrogens with one attached hydrogen (secondary N) is 3. The summed E-state index contributed by atoms with van der Waals surface area (Å²) >= 11 is 0. The van der Waals surface area contributed by atoms with Crippen LogP contribution in [0.2, 0.25) is 0 Å². The Labute approximate surface area is 151 Å². The molecule has 1 saturated heterocycles. The van der Waals surface area contributed by atoms with Crippen LogP contribution < -0.4 is 32.1 Å². The molecule has 1 aromatic carbocycles. The minimum atomic E-state index is -1.55. The maximum absolute atomic E-state index is 13.7. The van der Waals surface area contributed by atoms with Gasteiger partial charge in [0.2, 0.25) is 0 Å².